The average molecular weight is 342 g/mol. The van der Waals surface area contributed by atoms with Crippen molar-refractivity contribution in [1.29, 1.82) is 5.26 Å². The van der Waals surface area contributed by atoms with Crippen molar-refractivity contribution in [2.45, 2.75) is 32.8 Å². The van der Waals surface area contributed by atoms with Crippen molar-refractivity contribution >= 4 is 5.91 Å². The number of nitrogens with zero attached hydrogens (tertiary/aromatic N) is 1. The van der Waals surface area contributed by atoms with Gasteiger partial charge in [0.25, 0.3) is 0 Å². The number of nitriles is 1. The van der Waals surface area contributed by atoms with Crippen LogP contribution >= 0.6 is 0 Å². The summed E-state index contributed by atoms with van der Waals surface area (Å²) in [5.41, 5.74) is 0.285. The number of aryl methyl sites for hydroxylation is 2. The molecule has 1 aromatic heterocycles. The number of carbonyl (C=O) groups is 1. The Morgan fingerprint density at radius 3 is 2.60 bits per heavy atom. The highest BCUT2D eigenvalue weighted by Crippen LogP contribution is 2.26. The number of hydrogen-bond acceptors (Lipinski definition) is 5. The fourth-order valence-corrected chi connectivity index (χ4v) is 2.60. The van der Waals surface area contributed by atoms with E-state index in [0.29, 0.717) is 17.1 Å². The lowest BCUT2D eigenvalue weighted by atomic mass is 9.96. The predicted octanol–water partition coefficient (Wildman–Crippen LogP) is 2.37. The van der Waals surface area contributed by atoms with Gasteiger partial charge in [0, 0.05) is 5.56 Å². The SMILES string of the molecule is Cc1cc(C(C)(O)CNC(=O)Cc2ccc(OCC#N)cc2)c(C)o1. The molecule has 1 amide bonds. The molecule has 6 nitrogen and oxygen atoms in total. The Morgan fingerprint density at radius 2 is 2.04 bits per heavy atom. The van der Waals surface area contributed by atoms with Gasteiger partial charge in [0.05, 0.1) is 13.0 Å². The number of rotatable bonds is 7. The zero-order valence-corrected chi connectivity index (χ0v) is 14.6. The summed E-state index contributed by atoms with van der Waals surface area (Å²) in [4.78, 5) is 12.1. The van der Waals surface area contributed by atoms with Crippen LogP contribution in [0.4, 0.5) is 0 Å². The lowest BCUT2D eigenvalue weighted by Gasteiger charge is -2.23. The van der Waals surface area contributed by atoms with Crippen molar-refractivity contribution < 1.29 is 19.1 Å². The highest BCUT2D eigenvalue weighted by molar-refractivity contribution is 5.78. The van der Waals surface area contributed by atoms with Crippen LogP contribution < -0.4 is 10.1 Å². The molecule has 0 spiro atoms. The van der Waals surface area contributed by atoms with Gasteiger partial charge in [-0.3, -0.25) is 4.79 Å². The summed E-state index contributed by atoms with van der Waals surface area (Å²) in [5, 5.41) is 21.8. The van der Waals surface area contributed by atoms with Crippen LogP contribution in [0.2, 0.25) is 0 Å². The molecule has 0 saturated carbocycles. The van der Waals surface area contributed by atoms with E-state index >= 15 is 0 Å². The Bertz CT molecular complexity index is 770. The second-order valence-electron chi connectivity index (χ2n) is 6.15. The zero-order chi connectivity index (χ0) is 18.4. The Morgan fingerprint density at radius 1 is 1.36 bits per heavy atom. The number of hydrogen-bond donors (Lipinski definition) is 2. The fourth-order valence-electron chi connectivity index (χ4n) is 2.60. The van der Waals surface area contributed by atoms with Crippen molar-refractivity contribution in [2.24, 2.45) is 0 Å². The summed E-state index contributed by atoms with van der Waals surface area (Å²) in [6, 6.07) is 10.7. The van der Waals surface area contributed by atoms with Gasteiger partial charge < -0.3 is 19.6 Å². The molecule has 6 heteroatoms. The summed E-state index contributed by atoms with van der Waals surface area (Å²) < 4.78 is 10.6. The van der Waals surface area contributed by atoms with Gasteiger partial charge in [-0.05, 0) is 44.5 Å². The molecule has 1 heterocycles. The molecular formula is C19H22N2O4. The number of carbonyl (C=O) groups excluding carboxylic acids is 1. The van der Waals surface area contributed by atoms with E-state index in [-0.39, 0.29) is 25.5 Å². The minimum Gasteiger partial charge on any atom is -0.479 e. The molecule has 2 rings (SSSR count). The molecule has 0 aliphatic carbocycles. The first-order valence-corrected chi connectivity index (χ1v) is 7.97. The van der Waals surface area contributed by atoms with Gasteiger partial charge in [0.15, 0.2) is 6.61 Å². The Kier molecular flexibility index (Phi) is 5.84. The lowest BCUT2D eigenvalue weighted by Crippen LogP contribution is -2.39. The fraction of sp³-hybridized carbons (Fsp3) is 0.368. The first-order chi connectivity index (χ1) is 11.8. The smallest absolute Gasteiger partial charge is 0.224 e. The Labute approximate surface area is 147 Å². The van der Waals surface area contributed by atoms with Crippen LogP contribution in [0.5, 0.6) is 5.75 Å². The normalized spacial score (nSPS) is 12.9. The summed E-state index contributed by atoms with van der Waals surface area (Å²) >= 11 is 0. The molecule has 25 heavy (non-hydrogen) atoms. The molecule has 132 valence electrons. The predicted molar refractivity (Wildman–Crippen MR) is 92.0 cm³/mol. The summed E-state index contributed by atoms with van der Waals surface area (Å²) in [6.45, 7) is 5.33. The maximum atomic E-state index is 12.1. The molecule has 2 aromatic rings. The van der Waals surface area contributed by atoms with E-state index in [1.54, 1.807) is 44.2 Å². The molecular weight excluding hydrogens is 320 g/mol. The van der Waals surface area contributed by atoms with Crippen LogP contribution in [0, 0.1) is 25.2 Å². The monoisotopic (exact) mass is 342 g/mol. The molecule has 0 radical (unpaired) electrons. The largest absolute Gasteiger partial charge is 0.479 e. The molecule has 2 N–H and O–H groups in total. The number of amides is 1. The Balaban J connectivity index is 1.90. The van der Waals surface area contributed by atoms with Crippen LogP contribution in [-0.2, 0) is 16.8 Å². The van der Waals surface area contributed by atoms with Crippen LogP contribution in [0.3, 0.4) is 0 Å². The maximum Gasteiger partial charge on any atom is 0.224 e. The van der Waals surface area contributed by atoms with Gasteiger partial charge in [-0.15, -0.1) is 0 Å². The van der Waals surface area contributed by atoms with Crippen LogP contribution in [0.15, 0.2) is 34.7 Å². The van der Waals surface area contributed by atoms with E-state index < -0.39 is 5.60 Å². The highest BCUT2D eigenvalue weighted by atomic mass is 16.5. The molecule has 0 aliphatic heterocycles. The quantitative estimate of drug-likeness (QED) is 0.805. The number of benzene rings is 1. The third-order valence-electron chi connectivity index (χ3n) is 3.84. The summed E-state index contributed by atoms with van der Waals surface area (Å²) in [7, 11) is 0. The second kappa shape index (κ2) is 7.86. The van der Waals surface area contributed by atoms with E-state index in [9.17, 15) is 9.90 Å². The van der Waals surface area contributed by atoms with Gasteiger partial charge in [0.2, 0.25) is 5.91 Å². The maximum absolute atomic E-state index is 12.1. The Hall–Kier alpha value is -2.78. The van der Waals surface area contributed by atoms with Crippen LogP contribution in [0.1, 0.15) is 29.6 Å². The molecule has 0 aliphatic rings. The highest BCUT2D eigenvalue weighted by Gasteiger charge is 2.28. The topological polar surface area (TPSA) is 95.5 Å². The van der Waals surface area contributed by atoms with Crippen molar-refractivity contribution in [3.63, 3.8) is 0 Å². The number of ether oxygens (including phenoxy) is 1. The van der Waals surface area contributed by atoms with Crippen molar-refractivity contribution in [3.05, 3.63) is 53.0 Å². The minimum atomic E-state index is -1.20. The molecule has 0 fully saturated rings. The van der Waals surface area contributed by atoms with Crippen molar-refractivity contribution in [1.82, 2.24) is 5.32 Å². The van der Waals surface area contributed by atoms with Crippen LogP contribution in [0.25, 0.3) is 0 Å². The van der Waals surface area contributed by atoms with Gasteiger partial charge in [-0.1, -0.05) is 12.1 Å². The third kappa shape index (κ3) is 5.10. The van der Waals surface area contributed by atoms with Crippen molar-refractivity contribution in [2.75, 3.05) is 13.2 Å². The van der Waals surface area contributed by atoms with Gasteiger partial charge >= 0.3 is 0 Å². The summed E-state index contributed by atoms with van der Waals surface area (Å²) in [6.07, 6.45) is 0.192. The third-order valence-corrected chi connectivity index (χ3v) is 3.84. The zero-order valence-electron chi connectivity index (χ0n) is 14.6. The molecule has 1 aromatic carbocycles. The van der Waals surface area contributed by atoms with E-state index in [1.165, 1.54) is 0 Å². The molecule has 0 saturated heterocycles. The molecule has 1 unspecified atom stereocenters. The summed E-state index contributed by atoms with van der Waals surface area (Å²) in [5.74, 6) is 1.76. The van der Waals surface area contributed by atoms with Crippen LogP contribution in [-0.4, -0.2) is 24.2 Å². The average Bonchev–Trinajstić information content (AvgIpc) is 2.92. The van der Waals surface area contributed by atoms with Crippen molar-refractivity contribution in [3.8, 4) is 11.8 Å². The van der Waals surface area contributed by atoms with E-state index in [1.807, 2.05) is 13.0 Å². The number of aliphatic hydroxyl groups is 1. The first kappa shape index (κ1) is 18.6. The lowest BCUT2D eigenvalue weighted by molar-refractivity contribution is -0.121. The first-order valence-electron chi connectivity index (χ1n) is 7.97. The molecule has 1 atom stereocenters. The van der Waals surface area contributed by atoms with Gasteiger partial charge in [-0.25, -0.2) is 0 Å². The minimum absolute atomic E-state index is 0.0121. The number of nitrogens with one attached hydrogen (secondary N) is 1. The van der Waals surface area contributed by atoms with E-state index in [2.05, 4.69) is 5.32 Å². The van der Waals surface area contributed by atoms with E-state index in [0.717, 1.165) is 11.3 Å². The number of furan rings is 1. The molecule has 0 bridgehead atoms. The second-order valence-corrected chi connectivity index (χ2v) is 6.15. The van der Waals surface area contributed by atoms with Gasteiger partial charge in [-0.2, -0.15) is 5.26 Å². The van der Waals surface area contributed by atoms with E-state index in [4.69, 9.17) is 14.4 Å². The van der Waals surface area contributed by atoms with Gasteiger partial charge in [0.1, 0.15) is 28.9 Å². The standard InChI is InChI=1S/C19H22N2O4/c1-13-10-17(14(2)25-13)19(3,23)12-21-18(22)11-15-4-6-16(7-5-15)24-9-8-20/h4-7,10,23H,9,11-12H2,1-3H3,(H,21,22).